The summed E-state index contributed by atoms with van der Waals surface area (Å²) in [7, 11) is 0. The number of nitrogens with one attached hydrogen (secondary N) is 1. The minimum absolute atomic E-state index is 0.324. The maximum atomic E-state index is 11.5. The average molecular weight is 471 g/mol. The zero-order valence-electron chi connectivity index (χ0n) is 19.5. The number of amides is 2. The highest BCUT2D eigenvalue weighted by atomic mass is 16.6. The second kappa shape index (κ2) is 10.0. The summed E-state index contributed by atoms with van der Waals surface area (Å²) in [6, 6.07) is 22.3. The standard InChI is InChI=1S/C28H26N2O5/c1-18-24(29-27(34-18)22-13-12-20-7-3-4-8-21(20)16-22)17-33-23-14-10-19(11-15-23)6-2-5-9-25-26(31)30-28(32)35-25/h3-4,7-8,10-16,25H,2,5-6,9,17H2,1H3,(H,30,31,32). The number of imide groups is 1. The van der Waals surface area contributed by atoms with Gasteiger partial charge in [0.25, 0.3) is 5.91 Å². The molecular formula is C28H26N2O5. The fraction of sp³-hybridized carbons (Fsp3) is 0.250. The number of unbranched alkanes of at least 4 members (excludes halogenated alkanes) is 1. The summed E-state index contributed by atoms with van der Waals surface area (Å²) in [5.74, 6) is 1.75. The number of hydrogen-bond acceptors (Lipinski definition) is 6. The number of cyclic esters (lactones) is 1. The number of benzene rings is 3. The number of nitrogens with zero attached hydrogens (tertiary/aromatic N) is 1. The molecule has 5 rings (SSSR count). The van der Waals surface area contributed by atoms with E-state index < -0.39 is 12.2 Å². The van der Waals surface area contributed by atoms with Gasteiger partial charge in [-0.15, -0.1) is 0 Å². The quantitative estimate of drug-likeness (QED) is 0.314. The molecule has 0 spiro atoms. The summed E-state index contributed by atoms with van der Waals surface area (Å²) in [6.45, 7) is 2.22. The minimum atomic E-state index is -0.653. The largest absolute Gasteiger partial charge is 0.487 e. The lowest BCUT2D eigenvalue weighted by molar-refractivity contribution is -0.123. The Balaban J connectivity index is 1.12. The molecule has 2 heterocycles. The van der Waals surface area contributed by atoms with Crippen LogP contribution in [0.5, 0.6) is 5.75 Å². The van der Waals surface area contributed by atoms with Crippen molar-refractivity contribution in [3.05, 3.63) is 83.7 Å². The van der Waals surface area contributed by atoms with Crippen molar-refractivity contribution in [2.24, 2.45) is 0 Å². The SMILES string of the molecule is Cc1oc(-c2ccc3ccccc3c2)nc1COc1ccc(CCCCC2OC(=O)NC2=O)cc1. The van der Waals surface area contributed by atoms with Crippen LogP contribution in [0.3, 0.4) is 0 Å². The van der Waals surface area contributed by atoms with Crippen molar-refractivity contribution in [3.63, 3.8) is 0 Å². The summed E-state index contributed by atoms with van der Waals surface area (Å²) in [4.78, 5) is 27.2. The average Bonchev–Trinajstić information content (AvgIpc) is 3.41. The van der Waals surface area contributed by atoms with Gasteiger partial charge in [0.1, 0.15) is 23.8 Å². The molecule has 0 saturated carbocycles. The lowest BCUT2D eigenvalue weighted by atomic mass is 10.1. The lowest BCUT2D eigenvalue weighted by Crippen LogP contribution is -2.24. The molecule has 1 aliphatic heterocycles. The van der Waals surface area contributed by atoms with E-state index >= 15 is 0 Å². The molecule has 7 heteroatoms. The zero-order chi connectivity index (χ0) is 24.2. The molecule has 1 aromatic heterocycles. The van der Waals surface area contributed by atoms with Crippen LogP contribution in [0.4, 0.5) is 4.79 Å². The molecule has 7 nitrogen and oxygen atoms in total. The number of aryl methyl sites for hydroxylation is 2. The summed E-state index contributed by atoms with van der Waals surface area (Å²) in [5, 5.41) is 4.47. The van der Waals surface area contributed by atoms with Crippen molar-refractivity contribution < 1.29 is 23.5 Å². The van der Waals surface area contributed by atoms with Crippen LogP contribution in [-0.4, -0.2) is 23.1 Å². The number of carbonyl (C=O) groups excluding carboxylic acids is 2. The predicted octanol–water partition coefficient (Wildman–Crippen LogP) is 5.73. The molecule has 0 radical (unpaired) electrons. The maximum absolute atomic E-state index is 11.5. The van der Waals surface area contributed by atoms with Gasteiger partial charge in [-0.2, -0.15) is 0 Å². The summed E-state index contributed by atoms with van der Waals surface area (Å²) >= 11 is 0. The second-order valence-electron chi connectivity index (χ2n) is 8.65. The first-order valence-corrected chi connectivity index (χ1v) is 11.7. The number of rotatable bonds is 9. The van der Waals surface area contributed by atoms with Crippen LogP contribution >= 0.6 is 0 Å². The number of ether oxygens (including phenoxy) is 2. The Bertz CT molecular complexity index is 1360. The van der Waals surface area contributed by atoms with Crippen molar-refractivity contribution in [2.75, 3.05) is 0 Å². The van der Waals surface area contributed by atoms with E-state index in [2.05, 4.69) is 34.6 Å². The molecule has 1 atom stereocenters. The Hall–Kier alpha value is -4.13. The van der Waals surface area contributed by atoms with Crippen LogP contribution in [0.2, 0.25) is 0 Å². The van der Waals surface area contributed by atoms with Gasteiger partial charge in [0.2, 0.25) is 5.89 Å². The fourth-order valence-electron chi connectivity index (χ4n) is 4.15. The van der Waals surface area contributed by atoms with Crippen LogP contribution in [0.25, 0.3) is 22.2 Å². The van der Waals surface area contributed by atoms with Crippen LogP contribution in [0.15, 0.2) is 71.1 Å². The molecule has 178 valence electrons. The molecule has 1 aliphatic rings. The summed E-state index contributed by atoms with van der Waals surface area (Å²) < 4.78 is 16.8. The molecule has 1 fully saturated rings. The first-order valence-electron chi connectivity index (χ1n) is 11.7. The van der Waals surface area contributed by atoms with E-state index in [4.69, 9.17) is 13.9 Å². The third-order valence-corrected chi connectivity index (χ3v) is 6.14. The Kier molecular flexibility index (Phi) is 6.48. The van der Waals surface area contributed by atoms with E-state index in [1.807, 2.05) is 49.4 Å². The highest BCUT2D eigenvalue weighted by molar-refractivity contribution is 5.99. The third kappa shape index (κ3) is 5.35. The van der Waals surface area contributed by atoms with Gasteiger partial charge in [0, 0.05) is 5.56 Å². The van der Waals surface area contributed by atoms with Crippen LogP contribution in [-0.2, 0) is 22.6 Å². The molecule has 1 N–H and O–H groups in total. The highest BCUT2D eigenvalue weighted by Crippen LogP contribution is 2.26. The van der Waals surface area contributed by atoms with Gasteiger partial charge >= 0.3 is 6.09 Å². The molecular weight excluding hydrogens is 444 g/mol. The number of fused-ring (bicyclic) bond motifs is 1. The summed E-state index contributed by atoms with van der Waals surface area (Å²) in [6.07, 6.45) is 1.81. The van der Waals surface area contributed by atoms with Gasteiger partial charge in [-0.05, 0) is 73.2 Å². The lowest BCUT2D eigenvalue weighted by Gasteiger charge is -2.07. The monoisotopic (exact) mass is 470 g/mol. The van der Waals surface area contributed by atoms with E-state index in [0.717, 1.165) is 47.4 Å². The van der Waals surface area contributed by atoms with Crippen LogP contribution in [0, 0.1) is 6.92 Å². The van der Waals surface area contributed by atoms with Crippen LogP contribution < -0.4 is 10.1 Å². The molecule has 0 bridgehead atoms. The van der Waals surface area contributed by atoms with Crippen LogP contribution in [0.1, 0.15) is 36.3 Å². The van der Waals surface area contributed by atoms with E-state index in [1.54, 1.807) is 0 Å². The second-order valence-corrected chi connectivity index (χ2v) is 8.65. The van der Waals surface area contributed by atoms with Crippen molar-refractivity contribution >= 4 is 22.8 Å². The Morgan fingerprint density at radius 2 is 1.77 bits per heavy atom. The Morgan fingerprint density at radius 1 is 0.971 bits per heavy atom. The predicted molar refractivity (Wildman–Crippen MR) is 131 cm³/mol. The Morgan fingerprint density at radius 3 is 2.54 bits per heavy atom. The van der Waals surface area contributed by atoms with Gasteiger partial charge < -0.3 is 13.9 Å². The number of alkyl carbamates (subject to hydrolysis) is 1. The van der Waals surface area contributed by atoms with Gasteiger partial charge in [-0.3, -0.25) is 10.1 Å². The molecule has 3 aromatic carbocycles. The fourth-order valence-corrected chi connectivity index (χ4v) is 4.15. The smallest absolute Gasteiger partial charge is 0.414 e. The van der Waals surface area contributed by atoms with Gasteiger partial charge in [0.15, 0.2) is 6.10 Å². The van der Waals surface area contributed by atoms with Gasteiger partial charge in [-0.25, -0.2) is 9.78 Å². The van der Waals surface area contributed by atoms with Crippen molar-refractivity contribution in [2.45, 2.75) is 45.3 Å². The number of aromatic nitrogens is 1. The maximum Gasteiger partial charge on any atom is 0.414 e. The van der Waals surface area contributed by atoms with E-state index in [-0.39, 0.29) is 5.91 Å². The van der Waals surface area contributed by atoms with Crippen molar-refractivity contribution in [1.29, 1.82) is 0 Å². The molecule has 35 heavy (non-hydrogen) atoms. The number of carbonyl (C=O) groups is 2. The van der Waals surface area contributed by atoms with E-state index in [0.29, 0.717) is 18.9 Å². The first kappa shape index (κ1) is 22.7. The van der Waals surface area contributed by atoms with E-state index in [9.17, 15) is 9.59 Å². The highest BCUT2D eigenvalue weighted by Gasteiger charge is 2.31. The first-order chi connectivity index (χ1) is 17.0. The zero-order valence-corrected chi connectivity index (χ0v) is 19.5. The van der Waals surface area contributed by atoms with Crippen molar-refractivity contribution in [1.82, 2.24) is 10.3 Å². The van der Waals surface area contributed by atoms with Gasteiger partial charge in [-0.1, -0.05) is 42.5 Å². The number of oxazole rings is 1. The molecule has 1 unspecified atom stereocenters. The Labute approximate surface area is 203 Å². The number of hydrogen-bond donors (Lipinski definition) is 1. The molecule has 4 aromatic rings. The topological polar surface area (TPSA) is 90.7 Å². The summed E-state index contributed by atoms with van der Waals surface area (Å²) in [5.41, 5.74) is 2.89. The third-order valence-electron chi connectivity index (χ3n) is 6.14. The minimum Gasteiger partial charge on any atom is -0.487 e. The normalized spacial score (nSPS) is 15.3. The van der Waals surface area contributed by atoms with Crippen molar-refractivity contribution in [3.8, 4) is 17.2 Å². The van der Waals surface area contributed by atoms with E-state index in [1.165, 1.54) is 10.9 Å². The van der Waals surface area contributed by atoms with Gasteiger partial charge in [0.05, 0.1) is 0 Å². The molecule has 0 aliphatic carbocycles. The molecule has 1 saturated heterocycles. The molecule has 2 amide bonds.